The lowest BCUT2D eigenvalue weighted by molar-refractivity contribution is 0.0438. The third-order valence-corrected chi connectivity index (χ3v) is 5.63. The van der Waals surface area contributed by atoms with E-state index in [1.165, 1.54) is 12.1 Å². The molecule has 1 atom stereocenters. The van der Waals surface area contributed by atoms with Gasteiger partial charge in [-0.15, -0.1) is 0 Å². The van der Waals surface area contributed by atoms with Crippen LogP contribution in [-0.2, 0) is 4.74 Å². The van der Waals surface area contributed by atoms with Crippen molar-refractivity contribution in [3.05, 3.63) is 47.0 Å². The first-order chi connectivity index (χ1) is 13.4. The normalized spacial score (nSPS) is 22.1. The number of nitrogens with one attached hydrogen (secondary N) is 1. The zero-order valence-corrected chi connectivity index (χ0v) is 16.0. The Hall–Kier alpha value is -2.90. The number of likely N-dealkylation sites (tertiary alicyclic amines) is 1. The molecule has 0 bridgehead atoms. The minimum atomic E-state index is -0.505. The Kier molecular flexibility index (Phi) is 4.56. The van der Waals surface area contributed by atoms with Gasteiger partial charge in [0, 0.05) is 19.5 Å². The number of halogens is 1. The van der Waals surface area contributed by atoms with E-state index in [0.29, 0.717) is 43.0 Å². The van der Waals surface area contributed by atoms with E-state index in [1.54, 1.807) is 16.8 Å². The predicted molar refractivity (Wildman–Crippen MR) is 100.0 cm³/mol. The number of nitrogens with zero attached hydrogens (tertiary/aromatic N) is 3. The van der Waals surface area contributed by atoms with E-state index in [0.717, 1.165) is 18.5 Å². The Morgan fingerprint density at radius 2 is 1.96 bits per heavy atom. The maximum atomic E-state index is 13.2. The van der Waals surface area contributed by atoms with E-state index in [2.05, 4.69) is 10.4 Å². The molecule has 148 valence electrons. The van der Waals surface area contributed by atoms with Gasteiger partial charge in [-0.1, -0.05) is 0 Å². The zero-order valence-electron chi connectivity index (χ0n) is 16.0. The minimum absolute atomic E-state index is 0.0716. The second-order valence-electron chi connectivity index (χ2n) is 7.51. The number of benzene rings is 1. The van der Waals surface area contributed by atoms with Crippen LogP contribution in [0.5, 0.6) is 0 Å². The summed E-state index contributed by atoms with van der Waals surface area (Å²) in [4.78, 5) is 26.5. The lowest BCUT2D eigenvalue weighted by Gasteiger charge is -2.25. The van der Waals surface area contributed by atoms with Crippen LogP contribution in [0.1, 0.15) is 41.0 Å². The van der Waals surface area contributed by atoms with Crippen molar-refractivity contribution >= 4 is 12.0 Å². The van der Waals surface area contributed by atoms with Crippen LogP contribution < -0.4 is 5.32 Å². The summed E-state index contributed by atoms with van der Waals surface area (Å²) in [7, 11) is 0. The maximum absolute atomic E-state index is 13.2. The van der Waals surface area contributed by atoms with Gasteiger partial charge >= 0.3 is 6.09 Å². The van der Waals surface area contributed by atoms with Crippen LogP contribution >= 0.6 is 0 Å². The van der Waals surface area contributed by atoms with Gasteiger partial charge in [-0.25, -0.2) is 13.9 Å². The number of hydrogen-bond donors (Lipinski definition) is 1. The van der Waals surface area contributed by atoms with E-state index >= 15 is 0 Å². The summed E-state index contributed by atoms with van der Waals surface area (Å²) in [5, 5.41) is 7.22. The number of amides is 2. The first-order valence-electron chi connectivity index (χ1n) is 9.47. The molecule has 3 heterocycles. The molecule has 2 amide bonds. The fourth-order valence-corrected chi connectivity index (χ4v) is 4.10. The predicted octanol–water partition coefficient (Wildman–Crippen LogP) is 2.73. The van der Waals surface area contributed by atoms with Crippen molar-refractivity contribution in [2.45, 2.75) is 38.7 Å². The molecule has 2 aliphatic rings. The lowest BCUT2D eigenvalue weighted by Crippen LogP contribution is -2.37. The van der Waals surface area contributed by atoms with Gasteiger partial charge in [-0.05, 0) is 51.0 Å². The summed E-state index contributed by atoms with van der Waals surface area (Å²) < 4.78 is 20.4. The third kappa shape index (κ3) is 3.23. The highest BCUT2D eigenvalue weighted by Gasteiger charge is 2.42. The molecule has 0 radical (unpaired) electrons. The Labute approximate surface area is 162 Å². The van der Waals surface area contributed by atoms with Crippen LogP contribution in [0.4, 0.5) is 9.18 Å². The van der Waals surface area contributed by atoms with Crippen molar-refractivity contribution in [1.29, 1.82) is 0 Å². The highest BCUT2D eigenvalue weighted by atomic mass is 19.1. The number of rotatable bonds is 2. The topological polar surface area (TPSA) is 76.5 Å². The van der Waals surface area contributed by atoms with Gasteiger partial charge in [0.1, 0.15) is 11.4 Å². The number of hydrogen-bond acceptors (Lipinski definition) is 4. The van der Waals surface area contributed by atoms with Gasteiger partial charge in [0.25, 0.3) is 5.91 Å². The molecule has 1 N–H and O–H groups in total. The fourth-order valence-electron chi connectivity index (χ4n) is 4.10. The molecule has 0 aliphatic carbocycles. The number of aryl methyl sites for hydroxylation is 1. The zero-order chi connectivity index (χ0) is 19.9. The monoisotopic (exact) mass is 386 g/mol. The molecule has 0 unspecified atom stereocenters. The van der Waals surface area contributed by atoms with Crippen LogP contribution in [0.25, 0.3) is 5.69 Å². The fraction of sp³-hybridized carbons (Fsp3) is 0.450. The molecule has 1 aromatic carbocycles. The molecule has 7 nitrogen and oxygen atoms in total. The van der Waals surface area contributed by atoms with Gasteiger partial charge < -0.3 is 15.0 Å². The van der Waals surface area contributed by atoms with Crippen molar-refractivity contribution in [1.82, 2.24) is 20.0 Å². The first kappa shape index (κ1) is 18.5. The summed E-state index contributed by atoms with van der Waals surface area (Å²) in [6.45, 7) is 5.28. The number of carbonyl (C=O) groups is 2. The molecule has 2 fully saturated rings. The second-order valence-corrected chi connectivity index (χ2v) is 7.51. The first-order valence-corrected chi connectivity index (χ1v) is 9.47. The number of carbonyl (C=O) groups excluding carboxylic acids is 2. The largest absolute Gasteiger partial charge is 0.441 e. The summed E-state index contributed by atoms with van der Waals surface area (Å²) in [6.07, 6.45) is 1.74. The summed E-state index contributed by atoms with van der Waals surface area (Å²) >= 11 is 0. The number of aromatic nitrogens is 2. The Balaban J connectivity index is 1.56. The molecule has 1 spiro atoms. The van der Waals surface area contributed by atoms with E-state index in [-0.39, 0.29) is 17.8 Å². The minimum Gasteiger partial charge on any atom is -0.441 e. The standard InChI is InChI=1S/C20H23FN4O3/c1-13-17(14(2)25(23-13)16-6-4-15(21)5-7-16)18(26)24-10-3-8-20(9-11-24)12-22-19(27)28-20/h4-7H,3,8-12H2,1-2H3,(H,22,27)/t20-/m1/s1. The van der Waals surface area contributed by atoms with Crippen LogP contribution in [0, 0.1) is 19.7 Å². The van der Waals surface area contributed by atoms with Crippen LogP contribution in [-0.4, -0.2) is 51.9 Å². The van der Waals surface area contributed by atoms with E-state index < -0.39 is 5.60 Å². The van der Waals surface area contributed by atoms with Gasteiger partial charge in [-0.3, -0.25) is 4.79 Å². The molecule has 2 aromatic rings. The third-order valence-electron chi connectivity index (χ3n) is 5.63. The summed E-state index contributed by atoms with van der Waals surface area (Å²) in [6, 6.07) is 6.03. The molecular formula is C20H23FN4O3. The quantitative estimate of drug-likeness (QED) is 0.861. The molecule has 1 aromatic heterocycles. The Morgan fingerprint density at radius 3 is 2.64 bits per heavy atom. The van der Waals surface area contributed by atoms with Crippen LogP contribution in [0.3, 0.4) is 0 Å². The Bertz CT molecular complexity index is 924. The van der Waals surface area contributed by atoms with Gasteiger partial charge in [0.05, 0.1) is 29.2 Å². The van der Waals surface area contributed by atoms with E-state index in [1.807, 2.05) is 18.7 Å². The average molecular weight is 386 g/mol. The molecule has 2 aliphatic heterocycles. The Morgan fingerprint density at radius 1 is 1.21 bits per heavy atom. The number of alkyl carbamates (subject to hydrolysis) is 1. The smallest absolute Gasteiger partial charge is 0.407 e. The number of ether oxygens (including phenoxy) is 1. The average Bonchev–Trinajstić information content (AvgIpc) is 3.08. The van der Waals surface area contributed by atoms with Gasteiger partial charge in [0.15, 0.2) is 0 Å². The molecule has 4 rings (SSSR count). The van der Waals surface area contributed by atoms with Crippen molar-refractivity contribution in [3.8, 4) is 5.69 Å². The van der Waals surface area contributed by atoms with Crippen LogP contribution in [0.2, 0.25) is 0 Å². The van der Waals surface area contributed by atoms with Crippen molar-refractivity contribution in [3.63, 3.8) is 0 Å². The van der Waals surface area contributed by atoms with Crippen molar-refractivity contribution in [2.24, 2.45) is 0 Å². The highest BCUT2D eigenvalue weighted by molar-refractivity contribution is 5.96. The van der Waals surface area contributed by atoms with Gasteiger partial charge in [-0.2, -0.15) is 5.10 Å². The van der Waals surface area contributed by atoms with Gasteiger partial charge in [0.2, 0.25) is 0 Å². The van der Waals surface area contributed by atoms with Crippen molar-refractivity contribution in [2.75, 3.05) is 19.6 Å². The lowest BCUT2D eigenvalue weighted by atomic mass is 9.95. The van der Waals surface area contributed by atoms with E-state index in [4.69, 9.17) is 4.74 Å². The molecule has 2 saturated heterocycles. The molecule has 8 heteroatoms. The summed E-state index contributed by atoms with van der Waals surface area (Å²) in [5.74, 6) is -0.389. The highest BCUT2D eigenvalue weighted by Crippen LogP contribution is 2.30. The molecule has 28 heavy (non-hydrogen) atoms. The van der Waals surface area contributed by atoms with Crippen LogP contribution in [0.15, 0.2) is 24.3 Å². The maximum Gasteiger partial charge on any atom is 0.407 e. The summed E-state index contributed by atoms with van der Waals surface area (Å²) in [5.41, 5.74) is 2.14. The van der Waals surface area contributed by atoms with E-state index in [9.17, 15) is 14.0 Å². The molecule has 0 saturated carbocycles. The molecular weight excluding hydrogens is 363 g/mol. The van der Waals surface area contributed by atoms with Crippen molar-refractivity contribution < 1.29 is 18.7 Å². The SMILES string of the molecule is Cc1nn(-c2ccc(F)cc2)c(C)c1C(=O)N1CCC[C@@]2(CC1)CNC(=O)O2. The second kappa shape index (κ2) is 6.92.